The molecule has 0 saturated heterocycles. The van der Waals surface area contributed by atoms with E-state index >= 15 is 0 Å². The van der Waals surface area contributed by atoms with E-state index in [0.29, 0.717) is 5.92 Å². The van der Waals surface area contributed by atoms with Gasteiger partial charge in [0, 0.05) is 12.1 Å². The fourth-order valence-corrected chi connectivity index (χ4v) is 2.98. The maximum atomic E-state index is 3.67. The van der Waals surface area contributed by atoms with Gasteiger partial charge in [-0.05, 0) is 63.5 Å². The molecule has 0 aliphatic rings. The lowest BCUT2D eigenvalue weighted by atomic mass is 9.92. The van der Waals surface area contributed by atoms with Crippen molar-refractivity contribution in [2.24, 2.45) is 0 Å². The summed E-state index contributed by atoms with van der Waals surface area (Å²) in [4.78, 5) is 0. The Morgan fingerprint density at radius 2 is 2.00 bits per heavy atom. The molecule has 0 bridgehead atoms. The summed E-state index contributed by atoms with van der Waals surface area (Å²) in [5.41, 5.74) is 3.05. The van der Waals surface area contributed by atoms with E-state index in [0.717, 1.165) is 6.54 Å². The van der Waals surface area contributed by atoms with Crippen molar-refractivity contribution in [3.63, 3.8) is 0 Å². The smallest absolute Gasteiger partial charge is 0.00967 e. The molecule has 0 amide bonds. The van der Waals surface area contributed by atoms with Crippen LogP contribution in [0.2, 0.25) is 0 Å². The second kappa shape index (κ2) is 8.74. The number of rotatable bonds is 8. The van der Waals surface area contributed by atoms with Gasteiger partial charge in [0.1, 0.15) is 0 Å². The molecule has 0 fully saturated rings. The van der Waals surface area contributed by atoms with Gasteiger partial charge in [-0.3, -0.25) is 0 Å². The number of nitrogens with one attached hydrogen (secondary N) is 1. The van der Waals surface area contributed by atoms with E-state index in [2.05, 4.69) is 76.0 Å². The van der Waals surface area contributed by atoms with Gasteiger partial charge in [0.05, 0.1) is 0 Å². The third kappa shape index (κ3) is 7.35. The van der Waals surface area contributed by atoms with Crippen LogP contribution in [0.15, 0.2) is 24.3 Å². The molecule has 114 valence electrons. The first-order chi connectivity index (χ1) is 9.42. The van der Waals surface area contributed by atoms with E-state index < -0.39 is 0 Å². The predicted molar refractivity (Wildman–Crippen MR) is 93.9 cm³/mol. The summed E-state index contributed by atoms with van der Waals surface area (Å²) in [6.45, 7) is 12.2. The molecule has 0 radical (unpaired) electrons. The Balaban J connectivity index is 2.63. The zero-order chi connectivity index (χ0) is 15.0. The fourth-order valence-electron chi connectivity index (χ4n) is 2.32. The van der Waals surface area contributed by atoms with Crippen LogP contribution in [0.1, 0.15) is 57.6 Å². The molecule has 0 spiro atoms. The largest absolute Gasteiger partial charge is 0.311 e. The van der Waals surface area contributed by atoms with E-state index in [1.165, 1.54) is 35.5 Å². The topological polar surface area (TPSA) is 12.0 Å². The second-order valence-corrected chi connectivity index (χ2v) is 7.97. The van der Waals surface area contributed by atoms with Crippen LogP contribution >= 0.6 is 11.8 Å². The standard InChI is InChI=1S/C18H31NS/c1-6-20-12-8-11-17(14-19-18(3,4)5)16-10-7-9-15(2)13-16/h7,9-10,13,17,19H,6,8,11-12,14H2,1-5H3. The molecule has 0 aliphatic carbocycles. The van der Waals surface area contributed by atoms with Crippen LogP contribution in [0.4, 0.5) is 0 Å². The van der Waals surface area contributed by atoms with E-state index in [1.807, 2.05) is 0 Å². The Hall–Kier alpha value is -0.470. The highest BCUT2D eigenvalue weighted by atomic mass is 32.2. The maximum Gasteiger partial charge on any atom is 0.00967 e. The number of hydrogen-bond donors (Lipinski definition) is 1. The van der Waals surface area contributed by atoms with Crippen molar-refractivity contribution in [2.45, 2.75) is 58.9 Å². The molecule has 1 nitrogen and oxygen atoms in total. The quantitative estimate of drug-likeness (QED) is 0.677. The molecular weight excluding hydrogens is 262 g/mol. The molecule has 1 aromatic rings. The van der Waals surface area contributed by atoms with Crippen LogP contribution in [0.3, 0.4) is 0 Å². The number of aryl methyl sites for hydroxylation is 1. The molecule has 0 aliphatic heterocycles. The lowest BCUT2D eigenvalue weighted by Crippen LogP contribution is -2.38. The summed E-state index contributed by atoms with van der Waals surface area (Å²) in [7, 11) is 0. The zero-order valence-electron chi connectivity index (χ0n) is 13.8. The predicted octanol–water partition coefficient (Wildman–Crippen LogP) is 5.00. The average Bonchev–Trinajstić information content (AvgIpc) is 2.36. The Labute approximate surface area is 129 Å². The monoisotopic (exact) mass is 293 g/mol. The molecule has 1 atom stereocenters. The average molecular weight is 294 g/mol. The first-order valence-corrected chi connectivity index (χ1v) is 8.97. The highest BCUT2D eigenvalue weighted by molar-refractivity contribution is 7.99. The van der Waals surface area contributed by atoms with E-state index in [1.54, 1.807) is 0 Å². The summed E-state index contributed by atoms with van der Waals surface area (Å²) in [6.07, 6.45) is 2.59. The number of thioether (sulfide) groups is 1. The van der Waals surface area contributed by atoms with Gasteiger partial charge in [-0.25, -0.2) is 0 Å². The van der Waals surface area contributed by atoms with Crippen LogP contribution in [-0.4, -0.2) is 23.6 Å². The van der Waals surface area contributed by atoms with Gasteiger partial charge in [-0.2, -0.15) is 11.8 Å². The molecule has 0 saturated carbocycles. The van der Waals surface area contributed by atoms with Crippen molar-refractivity contribution >= 4 is 11.8 Å². The Morgan fingerprint density at radius 3 is 2.60 bits per heavy atom. The third-order valence-electron chi connectivity index (χ3n) is 3.44. The van der Waals surface area contributed by atoms with Crippen LogP contribution < -0.4 is 5.32 Å². The van der Waals surface area contributed by atoms with Crippen LogP contribution in [-0.2, 0) is 0 Å². The molecule has 1 unspecified atom stereocenters. The maximum absolute atomic E-state index is 3.67. The van der Waals surface area contributed by atoms with Gasteiger partial charge in [0.25, 0.3) is 0 Å². The van der Waals surface area contributed by atoms with Gasteiger partial charge in [-0.15, -0.1) is 0 Å². The summed E-state index contributed by atoms with van der Waals surface area (Å²) in [6, 6.07) is 9.01. The van der Waals surface area contributed by atoms with Crippen molar-refractivity contribution in [1.29, 1.82) is 0 Å². The van der Waals surface area contributed by atoms with E-state index in [4.69, 9.17) is 0 Å². The fraction of sp³-hybridized carbons (Fsp3) is 0.667. The van der Waals surface area contributed by atoms with Crippen LogP contribution in [0.5, 0.6) is 0 Å². The van der Waals surface area contributed by atoms with Gasteiger partial charge in [0.2, 0.25) is 0 Å². The molecule has 2 heteroatoms. The zero-order valence-corrected chi connectivity index (χ0v) is 14.6. The SMILES string of the molecule is CCSCCCC(CNC(C)(C)C)c1cccc(C)c1. The Bertz CT molecular complexity index is 381. The second-order valence-electron chi connectivity index (χ2n) is 6.58. The first-order valence-electron chi connectivity index (χ1n) is 7.81. The molecule has 1 rings (SSSR count). The summed E-state index contributed by atoms with van der Waals surface area (Å²) in [5, 5.41) is 3.67. The molecular formula is C18H31NS. The lowest BCUT2D eigenvalue weighted by molar-refractivity contribution is 0.398. The Kier molecular flexibility index (Phi) is 7.68. The Morgan fingerprint density at radius 1 is 1.25 bits per heavy atom. The van der Waals surface area contributed by atoms with Gasteiger partial charge >= 0.3 is 0 Å². The van der Waals surface area contributed by atoms with Gasteiger partial charge in [0.15, 0.2) is 0 Å². The first kappa shape index (κ1) is 17.6. The lowest BCUT2D eigenvalue weighted by Gasteiger charge is -2.26. The van der Waals surface area contributed by atoms with Crippen molar-refractivity contribution in [3.8, 4) is 0 Å². The highest BCUT2D eigenvalue weighted by Crippen LogP contribution is 2.23. The van der Waals surface area contributed by atoms with Crippen LogP contribution in [0.25, 0.3) is 0 Å². The summed E-state index contributed by atoms with van der Waals surface area (Å²) in [5.74, 6) is 3.15. The van der Waals surface area contributed by atoms with Crippen molar-refractivity contribution in [2.75, 3.05) is 18.1 Å². The number of hydrogen-bond acceptors (Lipinski definition) is 2. The van der Waals surface area contributed by atoms with Gasteiger partial charge in [-0.1, -0.05) is 36.8 Å². The van der Waals surface area contributed by atoms with Crippen LogP contribution in [0, 0.1) is 6.92 Å². The minimum atomic E-state index is 0.195. The molecule has 1 N–H and O–H groups in total. The molecule has 0 aromatic heterocycles. The van der Waals surface area contributed by atoms with Gasteiger partial charge < -0.3 is 5.32 Å². The molecule has 0 heterocycles. The summed E-state index contributed by atoms with van der Waals surface area (Å²) < 4.78 is 0. The molecule has 20 heavy (non-hydrogen) atoms. The van der Waals surface area contributed by atoms with Crippen molar-refractivity contribution in [3.05, 3.63) is 35.4 Å². The minimum absolute atomic E-state index is 0.195. The normalized spacial score (nSPS) is 13.4. The van der Waals surface area contributed by atoms with Crippen molar-refractivity contribution in [1.82, 2.24) is 5.32 Å². The van der Waals surface area contributed by atoms with E-state index in [9.17, 15) is 0 Å². The highest BCUT2D eigenvalue weighted by Gasteiger charge is 2.15. The third-order valence-corrected chi connectivity index (χ3v) is 4.42. The molecule has 1 aromatic carbocycles. The number of benzene rings is 1. The minimum Gasteiger partial charge on any atom is -0.311 e. The van der Waals surface area contributed by atoms with Crippen molar-refractivity contribution < 1.29 is 0 Å². The van der Waals surface area contributed by atoms with E-state index in [-0.39, 0.29) is 5.54 Å². The summed E-state index contributed by atoms with van der Waals surface area (Å²) >= 11 is 2.05.